The molecule has 0 radical (unpaired) electrons. The SMILES string of the molecule is CC(C)(C)S(=O)(=O)c1ccc(-c2ncn[nH]2)cc1. The lowest BCUT2D eigenvalue weighted by molar-refractivity contribution is 0.560. The van der Waals surface area contributed by atoms with Gasteiger partial charge in [0.2, 0.25) is 0 Å². The number of H-pyrrole nitrogens is 1. The summed E-state index contributed by atoms with van der Waals surface area (Å²) in [6.07, 6.45) is 1.41. The van der Waals surface area contributed by atoms with Crippen molar-refractivity contribution in [2.45, 2.75) is 30.4 Å². The first-order valence-electron chi connectivity index (χ1n) is 5.53. The van der Waals surface area contributed by atoms with Gasteiger partial charge in [0, 0.05) is 5.56 Å². The molecule has 0 amide bonds. The van der Waals surface area contributed by atoms with Gasteiger partial charge in [-0.1, -0.05) is 0 Å². The molecular weight excluding hydrogens is 250 g/mol. The maximum atomic E-state index is 12.2. The fourth-order valence-corrected chi connectivity index (χ4v) is 2.69. The van der Waals surface area contributed by atoms with Crippen LogP contribution in [0.4, 0.5) is 0 Å². The Morgan fingerprint density at radius 3 is 2.17 bits per heavy atom. The fourth-order valence-electron chi connectivity index (χ4n) is 1.49. The van der Waals surface area contributed by atoms with E-state index in [1.54, 1.807) is 45.0 Å². The van der Waals surface area contributed by atoms with Crippen molar-refractivity contribution >= 4 is 9.84 Å². The number of nitrogens with one attached hydrogen (secondary N) is 1. The maximum absolute atomic E-state index is 12.2. The van der Waals surface area contributed by atoms with E-state index in [-0.39, 0.29) is 0 Å². The first kappa shape index (κ1) is 12.8. The van der Waals surface area contributed by atoms with Gasteiger partial charge < -0.3 is 0 Å². The normalized spacial score (nSPS) is 12.6. The van der Waals surface area contributed by atoms with Gasteiger partial charge in [0.25, 0.3) is 0 Å². The summed E-state index contributed by atoms with van der Waals surface area (Å²) < 4.78 is 23.6. The molecule has 0 bridgehead atoms. The molecular formula is C12H15N3O2S. The van der Waals surface area contributed by atoms with Gasteiger partial charge >= 0.3 is 0 Å². The molecule has 2 aromatic rings. The van der Waals surface area contributed by atoms with Crippen molar-refractivity contribution in [1.82, 2.24) is 15.2 Å². The summed E-state index contributed by atoms with van der Waals surface area (Å²) in [6, 6.07) is 6.63. The zero-order valence-corrected chi connectivity index (χ0v) is 11.3. The molecule has 1 aromatic heterocycles. The van der Waals surface area contributed by atoms with Crippen molar-refractivity contribution < 1.29 is 8.42 Å². The third-order valence-corrected chi connectivity index (χ3v) is 5.16. The lowest BCUT2D eigenvalue weighted by Crippen LogP contribution is -2.27. The van der Waals surface area contributed by atoms with Crippen molar-refractivity contribution in [1.29, 1.82) is 0 Å². The molecule has 0 atom stereocenters. The Morgan fingerprint density at radius 1 is 1.11 bits per heavy atom. The number of aromatic nitrogens is 3. The lowest BCUT2D eigenvalue weighted by atomic mass is 10.2. The molecule has 0 spiro atoms. The minimum atomic E-state index is -3.31. The van der Waals surface area contributed by atoms with Crippen LogP contribution < -0.4 is 0 Å². The van der Waals surface area contributed by atoms with Crippen molar-refractivity contribution in [2.24, 2.45) is 0 Å². The summed E-state index contributed by atoms with van der Waals surface area (Å²) in [5.74, 6) is 0.620. The molecule has 0 aliphatic carbocycles. The third kappa shape index (κ3) is 2.15. The van der Waals surface area contributed by atoms with E-state index in [2.05, 4.69) is 15.2 Å². The molecule has 0 aliphatic heterocycles. The van der Waals surface area contributed by atoms with Crippen LogP contribution in [0.15, 0.2) is 35.5 Å². The van der Waals surface area contributed by atoms with Crippen LogP contribution in [0.3, 0.4) is 0 Å². The van der Waals surface area contributed by atoms with Gasteiger partial charge in [-0.2, -0.15) is 5.10 Å². The van der Waals surface area contributed by atoms with E-state index in [1.807, 2.05) is 0 Å². The Balaban J connectivity index is 2.40. The van der Waals surface area contributed by atoms with E-state index in [9.17, 15) is 8.42 Å². The highest BCUT2D eigenvalue weighted by atomic mass is 32.2. The lowest BCUT2D eigenvalue weighted by Gasteiger charge is -2.19. The van der Waals surface area contributed by atoms with E-state index in [1.165, 1.54) is 6.33 Å². The second kappa shape index (κ2) is 4.20. The summed E-state index contributed by atoms with van der Waals surface area (Å²) in [4.78, 5) is 4.33. The van der Waals surface area contributed by atoms with Gasteiger partial charge in [0.15, 0.2) is 15.7 Å². The number of hydrogen-bond donors (Lipinski definition) is 1. The summed E-state index contributed by atoms with van der Waals surface area (Å²) in [7, 11) is -3.31. The van der Waals surface area contributed by atoms with Gasteiger partial charge in [-0.3, -0.25) is 5.10 Å². The van der Waals surface area contributed by atoms with Crippen LogP contribution in [0, 0.1) is 0 Å². The largest absolute Gasteiger partial charge is 0.259 e. The number of sulfone groups is 1. The number of rotatable bonds is 2. The van der Waals surface area contributed by atoms with Gasteiger partial charge in [0.1, 0.15) is 6.33 Å². The Hall–Kier alpha value is -1.69. The Labute approximate surface area is 106 Å². The first-order chi connectivity index (χ1) is 8.32. The summed E-state index contributed by atoms with van der Waals surface area (Å²) in [5, 5.41) is 6.49. The van der Waals surface area contributed by atoms with E-state index in [0.29, 0.717) is 10.7 Å². The van der Waals surface area contributed by atoms with Crippen LogP contribution in [0.5, 0.6) is 0 Å². The molecule has 2 rings (SSSR count). The molecule has 0 saturated carbocycles. The molecule has 96 valence electrons. The van der Waals surface area contributed by atoms with Crippen molar-refractivity contribution in [2.75, 3.05) is 0 Å². The Kier molecular flexibility index (Phi) is 2.98. The van der Waals surface area contributed by atoms with E-state index in [0.717, 1.165) is 5.56 Å². The van der Waals surface area contributed by atoms with Crippen molar-refractivity contribution in [3.05, 3.63) is 30.6 Å². The first-order valence-corrected chi connectivity index (χ1v) is 7.01. The summed E-state index contributed by atoms with van der Waals surface area (Å²) >= 11 is 0. The average Bonchev–Trinajstić information content (AvgIpc) is 2.81. The molecule has 0 unspecified atom stereocenters. The van der Waals surface area contributed by atoms with Crippen LogP contribution >= 0.6 is 0 Å². The minimum Gasteiger partial charge on any atom is -0.259 e. The standard InChI is InChI=1S/C12H15N3O2S/c1-12(2,3)18(16,17)10-6-4-9(5-7-10)11-13-8-14-15-11/h4-8H,1-3H3,(H,13,14,15). The molecule has 5 nitrogen and oxygen atoms in total. The van der Waals surface area contributed by atoms with Gasteiger partial charge in [-0.15, -0.1) is 0 Å². The van der Waals surface area contributed by atoms with E-state index < -0.39 is 14.6 Å². The summed E-state index contributed by atoms with van der Waals surface area (Å²) in [5.41, 5.74) is 0.806. The highest BCUT2D eigenvalue weighted by Crippen LogP contribution is 2.26. The second-order valence-corrected chi connectivity index (χ2v) is 7.68. The molecule has 0 saturated heterocycles. The predicted molar refractivity (Wildman–Crippen MR) is 68.8 cm³/mol. The van der Waals surface area contributed by atoms with Crippen LogP contribution in [-0.4, -0.2) is 28.3 Å². The Bertz CT molecular complexity index is 623. The zero-order chi connectivity index (χ0) is 13.4. The van der Waals surface area contributed by atoms with Crippen molar-refractivity contribution in [3.8, 4) is 11.4 Å². The molecule has 0 aliphatic rings. The number of nitrogens with zero attached hydrogens (tertiary/aromatic N) is 2. The van der Waals surface area contributed by atoms with Crippen molar-refractivity contribution in [3.63, 3.8) is 0 Å². The zero-order valence-electron chi connectivity index (χ0n) is 10.5. The average molecular weight is 265 g/mol. The molecule has 6 heteroatoms. The van der Waals surface area contributed by atoms with E-state index in [4.69, 9.17) is 0 Å². The minimum absolute atomic E-state index is 0.318. The van der Waals surface area contributed by atoms with E-state index >= 15 is 0 Å². The highest BCUT2D eigenvalue weighted by molar-refractivity contribution is 7.92. The third-order valence-electron chi connectivity index (χ3n) is 2.66. The molecule has 1 heterocycles. The number of aromatic amines is 1. The molecule has 1 aromatic carbocycles. The van der Waals surface area contributed by atoms with Gasteiger partial charge in [-0.05, 0) is 45.0 Å². The second-order valence-electron chi connectivity index (χ2n) is 4.97. The fraction of sp³-hybridized carbons (Fsp3) is 0.333. The Morgan fingerprint density at radius 2 is 1.72 bits per heavy atom. The monoisotopic (exact) mass is 265 g/mol. The maximum Gasteiger partial charge on any atom is 0.183 e. The van der Waals surface area contributed by atoms with Crippen LogP contribution in [0.1, 0.15) is 20.8 Å². The molecule has 18 heavy (non-hydrogen) atoms. The molecule has 0 fully saturated rings. The molecule has 1 N–H and O–H groups in total. The summed E-state index contributed by atoms with van der Waals surface area (Å²) in [6.45, 7) is 5.06. The number of benzene rings is 1. The van der Waals surface area contributed by atoms with Crippen LogP contribution in [-0.2, 0) is 9.84 Å². The van der Waals surface area contributed by atoms with Gasteiger partial charge in [0.05, 0.1) is 9.64 Å². The predicted octanol–water partition coefficient (Wildman–Crippen LogP) is 2.04. The topological polar surface area (TPSA) is 75.7 Å². The van der Waals surface area contributed by atoms with Crippen LogP contribution in [0.25, 0.3) is 11.4 Å². The number of hydrogen-bond acceptors (Lipinski definition) is 4. The quantitative estimate of drug-likeness (QED) is 0.901. The highest BCUT2D eigenvalue weighted by Gasteiger charge is 2.30. The smallest absolute Gasteiger partial charge is 0.183 e. The van der Waals surface area contributed by atoms with Crippen LogP contribution in [0.2, 0.25) is 0 Å². The van der Waals surface area contributed by atoms with Gasteiger partial charge in [-0.25, -0.2) is 13.4 Å².